The van der Waals surface area contributed by atoms with E-state index in [1.165, 1.54) is 132 Å². The minimum Gasteiger partial charge on any atom is -0.309 e. The Bertz CT molecular complexity index is 3720. The fraction of sp³-hybridized carbons (Fsp3) is 0.100. The van der Waals surface area contributed by atoms with Crippen LogP contribution in [0.25, 0.3) is 110 Å². The normalized spacial score (nSPS) is 14.7. The second kappa shape index (κ2) is 11.7. The Labute approximate surface area is 359 Å². The molecule has 0 radical (unpaired) electrons. The molecule has 0 amide bonds. The number of hydrogen-bond donors (Lipinski definition) is 0. The molecule has 0 bridgehead atoms. The van der Waals surface area contributed by atoms with Crippen molar-refractivity contribution in [1.82, 2.24) is 9.13 Å². The predicted molar refractivity (Wildman–Crippen MR) is 263 cm³/mol. The van der Waals surface area contributed by atoms with Gasteiger partial charge >= 0.3 is 0 Å². The Morgan fingerprint density at radius 1 is 0.290 bits per heavy atom. The fourth-order valence-corrected chi connectivity index (χ4v) is 12.3. The molecule has 0 aliphatic heterocycles. The lowest BCUT2D eigenvalue weighted by Crippen LogP contribution is -2.15. The van der Waals surface area contributed by atoms with Crippen molar-refractivity contribution in [3.05, 3.63) is 204 Å². The standard InChI is InChI=1S/C60H42N2/c1-59(2)47-25-13-9-17-37(47)39-31-29-35(33-49(39)59)61-51-27-15-11-23-45(51)55-53-42-20-6-8-22-44(42)58-56(54(53)41-19-5-7-21-43(41)57(55)61)46-24-12-16-28-52(46)62(58)36-30-32-40-38-18-10-14-26-48(38)60(3,4)50(40)34-36/h5-34H,1-4H3. The molecule has 0 saturated heterocycles. The van der Waals surface area contributed by atoms with Crippen LogP contribution in [0.15, 0.2) is 182 Å². The quantitative estimate of drug-likeness (QED) is 0.154. The summed E-state index contributed by atoms with van der Waals surface area (Å²) < 4.78 is 5.14. The SMILES string of the molecule is CC1(C)c2ccccc2-c2ccc(-n3c4ccccc4c4c5c6ccccc6c6c(c7ccccc7n6-c6ccc7c(c6)C(C)(C)c6ccccc6-7)c5c5ccccc5c43)cc21. The van der Waals surface area contributed by atoms with Gasteiger partial charge in [0.2, 0.25) is 0 Å². The first kappa shape index (κ1) is 34.3. The van der Waals surface area contributed by atoms with E-state index in [0.717, 1.165) is 0 Å². The largest absolute Gasteiger partial charge is 0.309 e. The molecule has 2 heteroatoms. The van der Waals surface area contributed by atoms with E-state index in [4.69, 9.17) is 0 Å². The second-order valence-electron chi connectivity index (χ2n) is 18.8. The molecule has 0 spiro atoms. The van der Waals surface area contributed by atoms with Gasteiger partial charge in [-0.25, -0.2) is 0 Å². The third-order valence-corrected chi connectivity index (χ3v) is 15.1. The summed E-state index contributed by atoms with van der Waals surface area (Å²) in [5.74, 6) is 0. The molecule has 2 aliphatic rings. The van der Waals surface area contributed by atoms with Gasteiger partial charge in [0.05, 0.1) is 22.1 Å². The second-order valence-corrected chi connectivity index (χ2v) is 18.8. The van der Waals surface area contributed by atoms with Crippen LogP contribution in [0.1, 0.15) is 49.9 Å². The average molecular weight is 791 g/mol. The van der Waals surface area contributed by atoms with Crippen LogP contribution in [-0.4, -0.2) is 9.13 Å². The van der Waals surface area contributed by atoms with Crippen molar-refractivity contribution in [2.24, 2.45) is 0 Å². The highest BCUT2D eigenvalue weighted by Crippen LogP contribution is 2.54. The smallest absolute Gasteiger partial charge is 0.0626 e. The van der Waals surface area contributed by atoms with Crippen molar-refractivity contribution in [1.29, 1.82) is 0 Å². The van der Waals surface area contributed by atoms with Crippen LogP contribution < -0.4 is 0 Å². The molecule has 62 heavy (non-hydrogen) atoms. The lowest BCUT2D eigenvalue weighted by atomic mass is 9.82. The van der Waals surface area contributed by atoms with Crippen molar-refractivity contribution >= 4 is 75.9 Å². The van der Waals surface area contributed by atoms with Crippen LogP contribution in [0.2, 0.25) is 0 Å². The van der Waals surface area contributed by atoms with Gasteiger partial charge in [-0.1, -0.05) is 173 Å². The summed E-state index contributed by atoms with van der Waals surface area (Å²) >= 11 is 0. The van der Waals surface area contributed by atoms with Gasteiger partial charge in [-0.3, -0.25) is 0 Å². The van der Waals surface area contributed by atoms with Gasteiger partial charge in [0.25, 0.3) is 0 Å². The first-order chi connectivity index (χ1) is 30.3. The third-order valence-electron chi connectivity index (χ3n) is 15.1. The first-order valence-electron chi connectivity index (χ1n) is 22.0. The summed E-state index contributed by atoms with van der Waals surface area (Å²) in [7, 11) is 0. The highest BCUT2D eigenvalue weighted by molar-refractivity contribution is 6.45. The fourth-order valence-electron chi connectivity index (χ4n) is 12.3. The van der Waals surface area contributed by atoms with E-state index in [2.05, 4.69) is 219 Å². The maximum Gasteiger partial charge on any atom is 0.0626 e. The van der Waals surface area contributed by atoms with E-state index >= 15 is 0 Å². The monoisotopic (exact) mass is 790 g/mol. The third kappa shape index (κ3) is 4.11. The van der Waals surface area contributed by atoms with Gasteiger partial charge in [-0.2, -0.15) is 0 Å². The summed E-state index contributed by atoms with van der Waals surface area (Å²) in [6.07, 6.45) is 0. The zero-order valence-corrected chi connectivity index (χ0v) is 35.2. The molecule has 0 atom stereocenters. The van der Waals surface area contributed by atoms with Crippen molar-refractivity contribution in [2.45, 2.75) is 38.5 Å². The van der Waals surface area contributed by atoms with Crippen LogP contribution in [0, 0.1) is 0 Å². The molecular weight excluding hydrogens is 749 g/mol. The van der Waals surface area contributed by atoms with Crippen molar-refractivity contribution in [3.8, 4) is 33.6 Å². The molecule has 0 unspecified atom stereocenters. The average Bonchev–Trinajstić information content (AvgIpc) is 3.98. The van der Waals surface area contributed by atoms with E-state index in [1.54, 1.807) is 0 Å². The molecule has 292 valence electrons. The number of aromatic nitrogens is 2. The number of fused-ring (bicyclic) bond motifs is 21. The Hall–Kier alpha value is -7.42. The number of benzene rings is 10. The lowest BCUT2D eigenvalue weighted by molar-refractivity contribution is 0.660. The van der Waals surface area contributed by atoms with Gasteiger partial charge < -0.3 is 9.13 Å². The lowest BCUT2D eigenvalue weighted by Gasteiger charge is -2.22. The molecule has 2 aliphatic carbocycles. The summed E-state index contributed by atoms with van der Waals surface area (Å²) in [5, 5.41) is 12.9. The molecule has 10 aromatic carbocycles. The number of rotatable bonds is 2. The maximum atomic E-state index is 2.57. The molecule has 12 aromatic rings. The summed E-state index contributed by atoms with van der Waals surface area (Å²) in [4.78, 5) is 0. The van der Waals surface area contributed by atoms with E-state index in [9.17, 15) is 0 Å². The van der Waals surface area contributed by atoms with E-state index in [-0.39, 0.29) is 10.8 Å². The van der Waals surface area contributed by atoms with Crippen LogP contribution in [0.4, 0.5) is 0 Å². The van der Waals surface area contributed by atoms with Crippen molar-refractivity contribution in [2.75, 3.05) is 0 Å². The van der Waals surface area contributed by atoms with Gasteiger partial charge in [-0.05, 0) is 91.7 Å². The van der Waals surface area contributed by atoms with Crippen LogP contribution in [0.5, 0.6) is 0 Å². The summed E-state index contributed by atoms with van der Waals surface area (Å²) in [6, 6.07) is 68.9. The Kier molecular flexibility index (Phi) is 6.47. The van der Waals surface area contributed by atoms with Crippen molar-refractivity contribution in [3.63, 3.8) is 0 Å². The minimum atomic E-state index is -0.107. The zero-order valence-electron chi connectivity index (χ0n) is 35.2. The highest BCUT2D eigenvalue weighted by atomic mass is 15.0. The Morgan fingerprint density at radius 3 is 1.06 bits per heavy atom. The zero-order chi connectivity index (χ0) is 41.2. The summed E-state index contributed by atoms with van der Waals surface area (Å²) in [5.41, 5.74) is 18.1. The molecule has 0 fully saturated rings. The van der Waals surface area contributed by atoms with Gasteiger partial charge in [0.15, 0.2) is 0 Å². The molecule has 2 heterocycles. The molecular formula is C60H42N2. The highest BCUT2D eigenvalue weighted by Gasteiger charge is 2.37. The topological polar surface area (TPSA) is 9.86 Å². The number of hydrogen-bond acceptors (Lipinski definition) is 0. The van der Waals surface area contributed by atoms with E-state index in [0.29, 0.717) is 0 Å². The van der Waals surface area contributed by atoms with Gasteiger partial charge in [0.1, 0.15) is 0 Å². The number of nitrogens with zero attached hydrogens (tertiary/aromatic N) is 2. The first-order valence-corrected chi connectivity index (χ1v) is 22.0. The minimum absolute atomic E-state index is 0.107. The van der Waals surface area contributed by atoms with Crippen LogP contribution in [0.3, 0.4) is 0 Å². The molecule has 2 aromatic heterocycles. The van der Waals surface area contributed by atoms with Gasteiger partial charge in [-0.15, -0.1) is 0 Å². The van der Waals surface area contributed by atoms with Gasteiger partial charge in [0, 0.05) is 65.3 Å². The molecule has 0 N–H and O–H groups in total. The van der Waals surface area contributed by atoms with E-state index < -0.39 is 0 Å². The van der Waals surface area contributed by atoms with Crippen LogP contribution in [-0.2, 0) is 10.8 Å². The summed E-state index contributed by atoms with van der Waals surface area (Å²) in [6.45, 7) is 9.53. The molecule has 2 nitrogen and oxygen atoms in total. The molecule has 14 rings (SSSR count). The maximum absolute atomic E-state index is 2.57. The number of para-hydroxylation sites is 2. The predicted octanol–water partition coefficient (Wildman–Crippen LogP) is 16.0. The van der Waals surface area contributed by atoms with E-state index in [1.807, 2.05) is 0 Å². The van der Waals surface area contributed by atoms with Crippen LogP contribution >= 0.6 is 0 Å². The molecule has 0 saturated carbocycles. The Balaban J connectivity index is 1.15. The Morgan fingerprint density at radius 2 is 0.629 bits per heavy atom. The van der Waals surface area contributed by atoms with Crippen molar-refractivity contribution < 1.29 is 0 Å².